The lowest BCUT2D eigenvalue weighted by atomic mass is 10.3. The highest BCUT2D eigenvalue weighted by Crippen LogP contribution is 2.22. The summed E-state index contributed by atoms with van der Waals surface area (Å²) in [4.78, 5) is 17.3. The number of thiophene rings is 1. The molecule has 0 spiro atoms. The van der Waals surface area contributed by atoms with Crippen LogP contribution in [-0.2, 0) is 16.1 Å². The molecule has 6 heteroatoms. The molecule has 2 heterocycles. The molecule has 1 atom stereocenters. The van der Waals surface area contributed by atoms with Crippen LogP contribution in [0.15, 0.2) is 29.9 Å². The molecule has 19 heavy (non-hydrogen) atoms. The predicted molar refractivity (Wildman–Crippen MR) is 75.0 cm³/mol. The van der Waals surface area contributed by atoms with Gasteiger partial charge in [-0.2, -0.15) is 0 Å². The first-order valence-corrected chi connectivity index (χ1v) is 6.92. The second-order valence-corrected chi connectivity index (χ2v) is 5.23. The Labute approximate surface area is 116 Å². The van der Waals surface area contributed by atoms with Crippen molar-refractivity contribution in [3.05, 3.63) is 29.9 Å². The Hall–Kier alpha value is -1.66. The van der Waals surface area contributed by atoms with Crippen molar-refractivity contribution in [3.63, 3.8) is 0 Å². The summed E-state index contributed by atoms with van der Waals surface area (Å²) in [5.41, 5.74) is 0. The number of ether oxygens (including phenoxy) is 1. The number of nitrogens with one attached hydrogen (secondary N) is 1. The van der Waals surface area contributed by atoms with Crippen LogP contribution in [0.3, 0.4) is 0 Å². The van der Waals surface area contributed by atoms with Gasteiger partial charge in [0.05, 0.1) is 11.5 Å². The van der Waals surface area contributed by atoms with E-state index in [4.69, 9.17) is 4.74 Å². The van der Waals surface area contributed by atoms with Gasteiger partial charge in [0.15, 0.2) is 0 Å². The topological polar surface area (TPSA) is 56.1 Å². The average Bonchev–Trinajstić information content (AvgIpc) is 2.98. The number of hydrogen-bond donors (Lipinski definition) is 1. The van der Waals surface area contributed by atoms with Gasteiger partial charge in [-0.25, -0.2) is 4.98 Å². The van der Waals surface area contributed by atoms with Gasteiger partial charge in [0, 0.05) is 25.5 Å². The highest BCUT2D eigenvalue weighted by Gasteiger charge is 2.12. The highest BCUT2D eigenvalue weighted by atomic mass is 32.1. The summed E-state index contributed by atoms with van der Waals surface area (Å²) >= 11 is 1.61. The van der Waals surface area contributed by atoms with Gasteiger partial charge in [0.25, 0.3) is 0 Å². The van der Waals surface area contributed by atoms with Crippen LogP contribution in [0.1, 0.15) is 6.92 Å². The molecule has 1 amide bonds. The van der Waals surface area contributed by atoms with E-state index in [-0.39, 0.29) is 18.5 Å². The Morgan fingerprint density at radius 3 is 3.16 bits per heavy atom. The zero-order valence-electron chi connectivity index (χ0n) is 11.0. The van der Waals surface area contributed by atoms with E-state index >= 15 is 0 Å². The lowest BCUT2D eigenvalue weighted by Gasteiger charge is -2.13. The summed E-state index contributed by atoms with van der Waals surface area (Å²) in [6.07, 6.45) is 3.52. The van der Waals surface area contributed by atoms with Gasteiger partial charge in [-0.05, 0) is 18.4 Å². The molecule has 2 aromatic rings. The van der Waals surface area contributed by atoms with Gasteiger partial charge < -0.3 is 14.6 Å². The predicted octanol–water partition coefficient (Wildman–Crippen LogP) is 1.76. The van der Waals surface area contributed by atoms with Crippen molar-refractivity contribution in [1.29, 1.82) is 0 Å². The Bertz CT molecular complexity index is 522. The lowest BCUT2D eigenvalue weighted by molar-refractivity contribution is -0.122. The number of imidazole rings is 1. The number of rotatable bonds is 6. The quantitative estimate of drug-likeness (QED) is 0.876. The normalized spacial score (nSPS) is 12.3. The van der Waals surface area contributed by atoms with Crippen LogP contribution in [0.4, 0.5) is 0 Å². The number of nitrogens with zero attached hydrogens (tertiary/aromatic N) is 2. The number of carbonyl (C=O) groups is 1. The van der Waals surface area contributed by atoms with Crippen LogP contribution < -0.4 is 5.32 Å². The summed E-state index contributed by atoms with van der Waals surface area (Å²) in [5.74, 6) is 0.782. The zero-order chi connectivity index (χ0) is 13.7. The van der Waals surface area contributed by atoms with E-state index in [0.717, 1.165) is 10.7 Å². The number of methoxy groups -OCH3 is 1. The highest BCUT2D eigenvalue weighted by molar-refractivity contribution is 7.13. The van der Waals surface area contributed by atoms with Gasteiger partial charge in [-0.3, -0.25) is 4.79 Å². The summed E-state index contributed by atoms with van der Waals surface area (Å²) in [6.45, 7) is 2.68. The van der Waals surface area contributed by atoms with Crippen LogP contribution >= 0.6 is 11.3 Å². The van der Waals surface area contributed by atoms with Crippen LogP contribution in [0.2, 0.25) is 0 Å². The second kappa shape index (κ2) is 6.49. The fraction of sp³-hybridized carbons (Fsp3) is 0.385. The third kappa shape index (κ3) is 3.65. The van der Waals surface area contributed by atoms with E-state index in [1.54, 1.807) is 24.6 Å². The van der Waals surface area contributed by atoms with Gasteiger partial charge in [-0.1, -0.05) is 6.07 Å². The third-order valence-corrected chi connectivity index (χ3v) is 3.46. The molecule has 1 unspecified atom stereocenters. The number of carbonyl (C=O) groups excluding carboxylic acids is 1. The van der Waals surface area contributed by atoms with Crippen molar-refractivity contribution in [1.82, 2.24) is 14.9 Å². The largest absolute Gasteiger partial charge is 0.383 e. The molecule has 5 nitrogen and oxygen atoms in total. The minimum absolute atomic E-state index is 0.00575. The molecule has 2 aromatic heterocycles. The molecule has 0 aliphatic heterocycles. The third-order valence-electron chi connectivity index (χ3n) is 2.60. The van der Waals surface area contributed by atoms with Gasteiger partial charge in [0.1, 0.15) is 12.4 Å². The Kier molecular flexibility index (Phi) is 4.70. The fourth-order valence-electron chi connectivity index (χ4n) is 1.83. The molecule has 0 bridgehead atoms. The average molecular weight is 279 g/mol. The van der Waals surface area contributed by atoms with E-state index in [9.17, 15) is 4.79 Å². The molecule has 102 valence electrons. The van der Waals surface area contributed by atoms with Crippen molar-refractivity contribution in [3.8, 4) is 10.7 Å². The van der Waals surface area contributed by atoms with Gasteiger partial charge in [-0.15, -0.1) is 11.3 Å². The molecule has 0 radical (unpaired) electrons. The van der Waals surface area contributed by atoms with E-state index < -0.39 is 0 Å². The molecular weight excluding hydrogens is 262 g/mol. The number of aromatic nitrogens is 2. The SMILES string of the molecule is COCC(C)NC(=O)Cn1ccnc1-c1cccs1. The summed E-state index contributed by atoms with van der Waals surface area (Å²) in [7, 11) is 1.62. The molecule has 0 aliphatic rings. The van der Waals surface area contributed by atoms with Gasteiger partial charge in [0.2, 0.25) is 5.91 Å². The number of hydrogen-bond acceptors (Lipinski definition) is 4. The minimum Gasteiger partial charge on any atom is -0.383 e. The number of amides is 1. The first kappa shape index (κ1) is 13.8. The summed E-state index contributed by atoms with van der Waals surface area (Å²) in [6, 6.07) is 3.97. The molecule has 1 N–H and O–H groups in total. The maximum atomic E-state index is 11.9. The summed E-state index contributed by atoms with van der Waals surface area (Å²) in [5, 5.41) is 4.88. The summed E-state index contributed by atoms with van der Waals surface area (Å²) < 4.78 is 6.84. The monoisotopic (exact) mass is 279 g/mol. The first-order valence-electron chi connectivity index (χ1n) is 6.04. The minimum atomic E-state index is -0.0413. The molecule has 0 saturated carbocycles. The molecule has 0 aromatic carbocycles. The van der Waals surface area contributed by atoms with Crippen molar-refractivity contribution in [2.24, 2.45) is 0 Å². The van der Waals surface area contributed by atoms with E-state index in [0.29, 0.717) is 6.61 Å². The van der Waals surface area contributed by atoms with E-state index in [2.05, 4.69) is 10.3 Å². The standard InChI is InChI=1S/C13H17N3O2S/c1-10(9-18-2)15-12(17)8-16-6-5-14-13(16)11-4-3-7-19-11/h3-7,10H,8-9H2,1-2H3,(H,15,17). The van der Waals surface area contributed by atoms with E-state index in [1.807, 2.05) is 35.2 Å². The fourth-order valence-corrected chi connectivity index (χ4v) is 2.57. The van der Waals surface area contributed by atoms with Crippen molar-refractivity contribution in [2.45, 2.75) is 19.5 Å². The van der Waals surface area contributed by atoms with E-state index in [1.165, 1.54) is 0 Å². The Morgan fingerprint density at radius 1 is 1.63 bits per heavy atom. The first-order chi connectivity index (χ1) is 9.20. The molecule has 0 saturated heterocycles. The van der Waals surface area contributed by atoms with Crippen LogP contribution in [0, 0.1) is 0 Å². The zero-order valence-corrected chi connectivity index (χ0v) is 11.8. The molecule has 0 fully saturated rings. The lowest BCUT2D eigenvalue weighted by Crippen LogP contribution is -2.37. The van der Waals surface area contributed by atoms with Crippen LogP contribution in [0.5, 0.6) is 0 Å². The maximum absolute atomic E-state index is 11.9. The second-order valence-electron chi connectivity index (χ2n) is 4.28. The Balaban J connectivity index is 2.00. The molecule has 0 aliphatic carbocycles. The Morgan fingerprint density at radius 2 is 2.47 bits per heavy atom. The van der Waals surface area contributed by atoms with Crippen molar-refractivity contribution in [2.75, 3.05) is 13.7 Å². The van der Waals surface area contributed by atoms with Crippen molar-refractivity contribution >= 4 is 17.2 Å². The maximum Gasteiger partial charge on any atom is 0.240 e. The van der Waals surface area contributed by atoms with Gasteiger partial charge >= 0.3 is 0 Å². The molecular formula is C13H17N3O2S. The molecule has 2 rings (SSSR count). The van der Waals surface area contributed by atoms with Crippen LogP contribution in [0.25, 0.3) is 10.7 Å². The van der Waals surface area contributed by atoms with Crippen LogP contribution in [-0.4, -0.2) is 35.2 Å². The van der Waals surface area contributed by atoms with Crippen molar-refractivity contribution < 1.29 is 9.53 Å². The smallest absolute Gasteiger partial charge is 0.240 e.